The molecule has 1 aromatic carbocycles. The predicted octanol–water partition coefficient (Wildman–Crippen LogP) is 1.51. The zero-order valence-electron chi connectivity index (χ0n) is 11.4. The van der Waals surface area contributed by atoms with Gasteiger partial charge in [-0.2, -0.15) is 0 Å². The van der Waals surface area contributed by atoms with Crippen LogP contribution < -0.4 is 16.2 Å². The van der Waals surface area contributed by atoms with Crippen LogP contribution in [0.4, 0.5) is 10.1 Å². The van der Waals surface area contributed by atoms with Gasteiger partial charge in [-0.1, -0.05) is 12.1 Å². The van der Waals surface area contributed by atoms with E-state index in [1.165, 1.54) is 41.3 Å². The van der Waals surface area contributed by atoms with Crippen molar-refractivity contribution < 1.29 is 9.18 Å². The van der Waals surface area contributed by atoms with Crippen molar-refractivity contribution in [3.8, 4) is 0 Å². The summed E-state index contributed by atoms with van der Waals surface area (Å²) < 4.78 is 13.4. The molecule has 0 saturated heterocycles. The van der Waals surface area contributed by atoms with E-state index in [1.807, 2.05) is 0 Å². The number of nitrogens with two attached hydrogens (primary N) is 1. The molecular weight excluding hydrogens is 273 g/mol. The van der Waals surface area contributed by atoms with Crippen LogP contribution in [0.5, 0.6) is 0 Å². The number of anilines is 1. The summed E-state index contributed by atoms with van der Waals surface area (Å²) in [4.78, 5) is 27.7. The average Bonchev–Trinajstić information content (AvgIpc) is 2.47. The number of nitrogens with one attached hydrogen (secondary N) is 1. The molecule has 0 aliphatic carbocycles. The molecule has 3 N–H and O–H groups in total. The number of aromatic amines is 1. The smallest absolute Gasteiger partial charge is 0.274 e. The topological polar surface area (TPSA) is 79.2 Å². The normalized spacial score (nSPS) is 10.4. The maximum absolute atomic E-state index is 13.4. The second kappa shape index (κ2) is 6.81. The van der Waals surface area contributed by atoms with Gasteiger partial charge in [-0.15, -0.1) is 0 Å². The van der Waals surface area contributed by atoms with Crippen LogP contribution in [0.2, 0.25) is 0 Å². The van der Waals surface area contributed by atoms with Gasteiger partial charge in [-0.25, -0.2) is 4.39 Å². The Hall–Kier alpha value is -2.47. The molecule has 0 radical (unpaired) electrons. The van der Waals surface area contributed by atoms with Crippen molar-refractivity contribution in [1.82, 2.24) is 4.98 Å². The lowest BCUT2D eigenvalue weighted by Crippen LogP contribution is -2.34. The number of hydrogen-bond donors (Lipinski definition) is 2. The summed E-state index contributed by atoms with van der Waals surface area (Å²) in [6.45, 7) is 0.750. The number of hydrogen-bond acceptors (Lipinski definition) is 3. The second-order valence-corrected chi connectivity index (χ2v) is 4.51. The van der Waals surface area contributed by atoms with Crippen molar-refractivity contribution in [3.63, 3.8) is 0 Å². The third-order valence-electron chi connectivity index (χ3n) is 2.95. The van der Waals surface area contributed by atoms with Crippen LogP contribution in [-0.2, 0) is 0 Å². The maximum Gasteiger partial charge on any atom is 0.274 e. The third kappa shape index (κ3) is 3.76. The number of nitrogens with zero attached hydrogens (tertiary/aromatic N) is 1. The number of halogens is 1. The van der Waals surface area contributed by atoms with E-state index in [9.17, 15) is 14.0 Å². The van der Waals surface area contributed by atoms with E-state index in [4.69, 9.17) is 5.73 Å². The number of amides is 1. The maximum atomic E-state index is 13.4. The SMILES string of the molecule is NCCCN(C(=O)c1cccc(=O)[nH]1)c1cccc(F)c1. The van der Waals surface area contributed by atoms with Crippen LogP contribution in [0.25, 0.3) is 0 Å². The molecule has 0 atom stereocenters. The number of carbonyl (C=O) groups excluding carboxylic acids is 1. The zero-order chi connectivity index (χ0) is 15.2. The van der Waals surface area contributed by atoms with Crippen molar-refractivity contribution in [2.75, 3.05) is 18.0 Å². The van der Waals surface area contributed by atoms with E-state index in [-0.39, 0.29) is 11.3 Å². The van der Waals surface area contributed by atoms with E-state index in [1.54, 1.807) is 6.07 Å². The first-order valence-electron chi connectivity index (χ1n) is 6.58. The summed E-state index contributed by atoms with van der Waals surface area (Å²) in [5, 5.41) is 0. The van der Waals surface area contributed by atoms with Gasteiger partial charge in [0.25, 0.3) is 5.91 Å². The Morgan fingerprint density at radius 2 is 2.00 bits per heavy atom. The van der Waals surface area contributed by atoms with Crippen molar-refractivity contribution in [1.29, 1.82) is 0 Å². The third-order valence-corrected chi connectivity index (χ3v) is 2.95. The van der Waals surface area contributed by atoms with Crippen LogP contribution >= 0.6 is 0 Å². The van der Waals surface area contributed by atoms with Gasteiger partial charge < -0.3 is 15.6 Å². The summed E-state index contributed by atoms with van der Waals surface area (Å²) in [5.74, 6) is -0.827. The molecule has 1 heterocycles. The Morgan fingerprint density at radius 3 is 2.67 bits per heavy atom. The van der Waals surface area contributed by atoms with Gasteiger partial charge in [0.05, 0.1) is 0 Å². The molecule has 1 amide bonds. The molecule has 0 unspecified atom stereocenters. The molecule has 0 fully saturated rings. The minimum atomic E-state index is -0.431. The highest BCUT2D eigenvalue weighted by atomic mass is 19.1. The van der Waals surface area contributed by atoms with Crippen LogP contribution in [0.3, 0.4) is 0 Å². The second-order valence-electron chi connectivity index (χ2n) is 4.51. The summed E-state index contributed by atoms with van der Waals surface area (Å²) in [6, 6.07) is 10.1. The van der Waals surface area contributed by atoms with Crippen LogP contribution in [-0.4, -0.2) is 24.0 Å². The fraction of sp³-hybridized carbons (Fsp3) is 0.200. The minimum Gasteiger partial charge on any atom is -0.330 e. The molecule has 6 heteroatoms. The Kier molecular flexibility index (Phi) is 4.84. The van der Waals surface area contributed by atoms with Crippen molar-refractivity contribution >= 4 is 11.6 Å². The number of carbonyl (C=O) groups is 1. The van der Waals surface area contributed by atoms with E-state index < -0.39 is 11.7 Å². The van der Waals surface area contributed by atoms with Crippen LogP contribution in [0, 0.1) is 5.82 Å². The van der Waals surface area contributed by atoms with Crippen LogP contribution in [0.1, 0.15) is 16.9 Å². The number of benzene rings is 1. The van der Waals surface area contributed by atoms with E-state index in [2.05, 4.69) is 4.98 Å². The standard InChI is InChI=1S/C15H16FN3O2/c16-11-4-1-5-12(10-11)19(9-3-8-17)15(21)13-6-2-7-14(20)18-13/h1-2,4-7,10H,3,8-9,17H2,(H,18,20). The Bertz CT molecular complexity index is 684. The molecule has 5 nitrogen and oxygen atoms in total. The quantitative estimate of drug-likeness (QED) is 0.875. The molecule has 0 aliphatic heterocycles. The molecule has 110 valence electrons. The Balaban J connectivity index is 2.35. The van der Waals surface area contributed by atoms with E-state index in [0.29, 0.717) is 25.2 Å². The van der Waals surface area contributed by atoms with Gasteiger partial charge in [0.2, 0.25) is 5.56 Å². The van der Waals surface area contributed by atoms with Crippen LogP contribution in [0.15, 0.2) is 47.3 Å². The van der Waals surface area contributed by atoms with Gasteiger partial charge in [-0.05, 0) is 37.2 Å². The molecule has 2 rings (SSSR count). The number of H-pyrrole nitrogens is 1. The average molecular weight is 289 g/mol. The molecular formula is C15H16FN3O2. The van der Waals surface area contributed by atoms with Crippen molar-refractivity contribution in [2.24, 2.45) is 5.73 Å². The highest BCUT2D eigenvalue weighted by Gasteiger charge is 2.18. The monoisotopic (exact) mass is 289 g/mol. The van der Waals surface area contributed by atoms with Gasteiger partial charge in [-0.3, -0.25) is 9.59 Å². The van der Waals surface area contributed by atoms with Crippen molar-refractivity contribution in [3.05, 3.63) is 64.3 Å². The zero-order valence-corrected chi connectivity index (χ0v) is 11.4. The summed E-state index contributed by atoms with van der Waals surface area (Å²) >= 11 is 0. The van der Waals surface area contributed by atoms with E-state index >= 15 is 0 Å². The van der Waals surface area contributed by atoms with Crippen molar-refractivity contribution in [2.45, 2.75) is 6.42 Å². The van der Waals surface area contributed by atoms with E-state index in [0.717, 1.165) is 0 Å². The van der Waals surface area contributed by atoms with Gasteiger partial charge in [0.1, 0.15) is 11.5 Å². The minimum absolute atomic E-state index is 0.156. The fourth-order valence-corrected chi connectivity index (χ4v) is 1.96. The molecule has 1 aromatic heterocycles. The Morgan fingerprint density at radius 1 is 1.24 bits per heavy atom. The fourth-order valence-electron chi connectivity index (χ4n) is 1.96. The first-order chi connectivity index (χ1) is 10.1. The molecule has 0 spiro atoms. The summed E-state index contributed by atoms with van der Waals surface area (Å²) in [7, 11) is 0. The van der Waals surface area contributed by atoms with Gasteiger partial charge >= 0.3 is 0 Å². The highest BCUT2D eigenvalue weighted by Crippen LogP contribution is 2.18. The molecule has 0 saturated carbocycles. The lowest BCUT2D eigenvalue weighted by Gasteiger charge is -2.22. The highest BCUT2D eigenvalue weighted by molar-refractivity contribution is 6.04. The molecule has 0 bridgehead atoms. The Labute approximate surface area is 121 Å². The molecule has 21 heavy (non-hydrogen) atoms. The summed E-state index contributed by atoms with van der Waals surface area (Å²) in [6.07, 6.45) is 0.569. The predicted molar refractivity (Wildman–Crippen MR) is 78.8 cm³/mol. The lowest BCUT2D eigenvalue weighted by atomic mass is 10.2. The lowest BCUT2D eigenvalue weighted by molar-refractivity contribution is 0.0982. The first-order valence-corrected chi connectivity index (χ1v) is 6.58. The number of aromatic nitrogens is 1. The molecule has 2 aromatic rings. The first kappa shape index (κ1) is 14.9. The summed E-state index contributed by atoms with van der Waals surface area (Å²) in [5.41, 5.74) is 5.70. The van der Waals surface area contributed by atoms with Gasteiger partial charge in [0.15, 0.2) is 0 Å². The number of rotatable bonds is 5. The number of pyridine rings is 1. The van der Waals surface area contributed by atoms with Gasteiger partial charge in [0, 0.05) is 18.3 Å². The molecule has 0 aliphatic rings. The largest absolute Gasteiger partial charge is 0.330 e.